The Balaban J connectivity index is 1.44. The van der Waals surface area contributed by atoms with E-state index in [9.17, 15) is 19.5 Å². The Bertz CT molecular complexity index is 990. The molecule has 4 aliphatic rings. The molecule has 4 fully saturated rings. The predicted octanol–water partition coefficient (Wildman–Crippen LogP) is 0.786. The number of ether oxygens (including phenoxy) is 1. The molecule has 4 aliphatic heterocycles. The molecule has 4 heterocycles. The second kappa shape index (κ2) is 11.3. The molecular weight excluding hydrogens is 492 g/mol. The van der Waals surface area contributed by atoms with Gasteiger partial charge in [-0.1, -0.05) is 37.3 Å². The molecule has 5 rings (SSSR count). The topological polar surface area (TPSA) is 111 Å². The summed E-state index contributed by atoms with van der Waals surface area (Å²) in [6, 6.07) is 7.99. The van der Waals surface area contributed by atoms with Crippen molar-refractivity contribution < 1.29 is 24.2 Å². The number of hydrogen-bond donors (Lipinski definition) is 3. The van der Waals surface area contributed by atoms with E-state index in [1.807, 2.05) is 37.3 Å². The Morgan fingerprint density at radius 2 is 1.89 bits per heavy atom. The quantitative estimate of drug-likeness (QED) is 0.410. The number of fused-ring (bicyclic) bond motifs is 1. The molecular formula is C27H38N4O5S. The van der Waals surface area contributed by atoms with Crippen LogP contribution in [0, 0.1) is 11.8 Å². The van der Waals surface area contributed by atoms with Gasteiger partial charge in [0.05, 0.1) is 42.4 Å². The van der Waals surface area contributed by atoms with Crippen molar-refractivity contribution in [1.29, 1.82) is 0 Å². The Morgan fingerprint density at radius 1 is 1.16 bits per heavy atom. The smallest absolute Gasteiger partial charge is 0.244 e. The van der Waals surface area contributed by atoms with E-state index in [4.69, 9.17) is 4.74 Å². The van der Waals surface area contributed by atoms with Crippen LogP contribution in [0.5, 0.6) is 0 Å². The van der Waals surface area contributed by atoms with Gasteiger partial charge in [0.15, 0.2) is 0 Å². The average molecular weight is 531 g/mol. The highest BCUT2D eigenvalue weighted by molar-refractivity contribution is 8.02. The maximum absolute atomic E-state index is 14.2. The van der Waals surface area contributed by atoms with Gasteiger partial charge in [-0.2, -0.15) is 0 Å². The first-order valence-electron chi connectivity index (χ1n) is 13.5. The molecule has 0 aromatic heterocycles. The van der Waals surface area contributed by atoms with Gasteiger partial charge in [0.2, 0.25) is 17.7 Å². The number of aliphatic hydroxyl groups excluding tert-OH is 1. The zero-order chi connectivity index (χ0) is 26.0. The molecule has 6 atom stereocenters. The molecule has 1 aromatic carbocycles. The summed E-state index contributed by atoms with van der Waals surface area (Å²) >= 11 is 1.66. The number of likely N-dealkylation sites (tertiary alicyclic amines) is 1. The molecule has 1 aromatic rings. The molecule has 0 aliphatic carbocycles. The highest BCUT2D eigenvalue weighted by Crippen LogP contribution is 2.67. The molecule has 4 saturated heterocycles. The SMILES string of the molecule is CCCNC(=O)[C@@H]1[C@@H]2CCC3(S2)C(C(=O)NCCN2CCOCC2)N([C@H](CO)c2ccccc2)C(=O)[C@H]13. The number of nitrogens with one attached hydrogen (secondary N) is 2. The normalized spacial score (nSPS) is 31.8. The van der Waals surface area contributed by atoms with E-state index in [1.54, 1.807) is 16.7 Å². The third kappa shape index (κ3) is 4.77. The van der Waals surface area contributed by atoms with Crippen molar-refractivity contribution in [3.8, 4) is 0 Å². The van der Waals surface area contributed by atoms with Crippen LogP contribution >= 0.6 is 11.8 Å². The Labute approximate surface area is 222 Å². The number of rotatable bonds is 10. The van der Waals surface area contributed by atoms with Crippen LogP contribution in [0.3, 0.4) is 0 Å². The molecule has 202 valence electrons. The van der Waals surface area contributed by atoms with Crippen molar-refractivity contribution in [3.05, 3.63) is 35.9 Å². The second-order valence-electron chi connectivity index (χ2n) is 10.4. The molecule has 3 amide bonds. The fraction of sp³-hybridized carbons (Fsp3) is 0.667. The first-order chi connectivity index (χ1) is 18.0. The Morgan fingerprint density at radius 3 is 2.59 bits per heavy atom. The number of amides is 3. The second-order valence-corrected chi connectivity index (χ2v) is 12.0. The van der Waals surface area contributed by atoms with Crippen LogP contribution in [0.25, 0.3) is 0 Å². The number of aliphatic hydroxyl groups is 1. The van der Waals surface area contributed by atoms with E-state index in [2.05, 4.69) is 15.5 Å². The van der Waals surface area contributed by atoms with Crippen LogP contribution in [0.15, 0.2) is 30.3 Å². The maximum Gasteiger partial charge on any atom is 0.244 e. The number of thioether (sulfide) groups is 1. The summed E-state index contributed by atoms with van der Waals surface area (Å²) in [6.45, 7) is 6.52. The zero-order valence-corrected chi connectivity index (χ0v) is 22.3. The lowest BCUT2D eigenvalue weighted by molar-refractivity contribution is -0.143. The van der Waals surface area contributed by atoms with Crippen LogP contribution in [-0.4, -0.2) is 101 Å². The lowest BCUT2D eigenvalue weighted by Crippen LogP contribution is -2.55. The molecule has 2 unspecified atom stereocenters. The van der Waals surface area contributed by atoms with E-state index in [0.29, 0.717) is 39.3 Å². The molecule has 0 radical (unpaired) electrons. The molecule has 3 N–H and O–H groups in total. The first-order valence-corrected chi connectivity index (χ1v) is 14.4. The van der Waals surface area contributed by atoms with Crippen LogP contribution in [0.2, 0.25) is 0 Å². The minimum Gasteiger partial charge on any atom is -0.394 e. The third-order valence-electron chi connectivity index (χ3n) is 8.36. The van der Waals surface area contributed by atoms with Crippen molar-refractivity contribution in [1.82, 2.24) is 20.4 Å². The van der Waals surface area contributed by atoms with Crippen LogP contribution < -0.4 is 10.6 Å². The lowest BCUT2D eigenvalue weighted by atomic mass is 9.70. The Kier molecular flexibility index (Phi) is 8.09. The molecule has 1 spiro atoms. The van der Waals surface area contributed by atoms with Crippen molar-refractivity contribution in [2.45, 2.75) is 48.3 Å². The van der Waals surface area contributed by atoms with E-state index in [0.717, 1.165) is 31.5 Å². The number of morpholine rings is 1. The van der Waals surface area contributed by atoms with E-state index in [1.165, 1.54) is 0 Å². The Hall–Kier alpha value is -2.14. The predicted molar refractivity (Wildman–Crippen MR) is 141 cm³/mol. The summed E-state index contributed by atoms with van der Waals surface area (Å²) in [5.41, 5.74) is 0.785. The summed E-state index contributed by atoms with van der Waals surface area (Å²) in [7, 11) is 0. The van der Waals surface area contributed by atoms with Gasteiger partial charge in [0.1, 0.15) is 6.04 Å². The number of benzene rings is 1. The molecule has 9 nitrogen and oxygen atoms in total. The summed E-state index contributed by atoms with van der Waals surface area (Å²) < 4.78 is 4.75. The highest BCUT2D eigenvalue weighted by Gasteiger charge is 2.74. The minimum atomic E-state index is -0.744. The van der Waals surface area contributed by atoms with Gasteiger partial charge < -0.3 is 25.4 Å². The van der Waals surface area contributed by atoms with E-state index in [-0.39, 0.29) is 29.6 Å². The van der Waals surface area contributed by atoms with Gasteiger partial charge in [-0.25, -0.2) is 0 Å². The summed E-state index contributed by atoms with van der Waals surface area (Å²) in [5, 5.41) is 16.6. The summed E-state index contributed by atoms with van der Waals surface area (Å²) in [6.07, 6.45) is 2.33. The zero-order valence-electron chi connectivity index (χ0n) is 21.4. The molecule has 2 bridgehead atoms. The average Bonchev–Trinajstić information content (AvgIpc) is 3.57. The van der Waals surface area contributed by atoms with Gasteiger partial charge in [-0.05, 0) is 24.8 Å². The van der Waals surface area contributed by atoms with Crippen LogP contribution in [-0.2, 0) is 19.1 Å². The number of carbonyl (C=O) groups excluding carboxylic acids is 3. The third-order valence-corrected chi connectivity index (χ3v) is 10.3. The number of carbonyl (C=O) groups is 3. The molecule has 37 heavy (non-hydrogen) atoms. The summed E-state index contributed by atoms with van der Waals surface area (Å²) in [5.74, 6) is -1.50. The fourth-order valence-corrected chi connectivity index (χ4v) is 8.89. The van der Waals surface area contributed by atoms with Gasteiger partial charge in [-0.3, -0.25) is 19.3 Å². The maximum atomic E-state index is 14.2. The van der Waals surface area contributed by atoms with Crippen molar-refractivity contribution in [2.24, 2.45) is 11.8 Å². The van der Waals surface area contributed by atoms with Crippen LogP contribution in [0.4, 0.5) is 0 Å². The van der Waals surface area contributed by atoms with Crippen LogP contribution in [0.1, 0.15) is 37.8 Å². The van der Waals surface area contributed by atoms with Gasteiger partial charge in [0, 0.05) is 38.0 Å². The van der Waals surface area contributed by atoms with Gasteiger partial charge in [0.25, 0.3) is 0 Å². The largest absolute Gasteiger partial charge is 0.394 e. The van der Waals surface area contributed by atoms with E-state index < -0.39 is 28.7 Å². The monoisotopic (exact) mass is 530 g/mol. The number of hydrogen-bond acceptors (Lipinski definition) is 7. The summed E-state index contributed by atoms with van der Waals surface area (Å²) in [4.78, 5) is 45.2. The van der Waals surface area contributed by atoms with Gasteiger partial charge >= 0.3 is 0 Å². The van der Waals surface area contributed by atoms with Crippen molar-refractivity contribution in [3.63, 3.8) is 0 Å². The lowest BCUT2D eigenvalue weighted by Gasteiger charge is -2.37. The van der Waals surface area contributed by atoms with E-state index >= 15 is 0 Å². The standard InChI is InChI=1S/C27H38N4O5S/c1-2-10-28-24(33)21-20-8-9-27(37-20)22(21)26(35)31(19(17-32)18-6-4-3-5-7-18)23(27)25(34)29-11-12-30-13-15-36-16-14-30/h3-7,19-23,32H,2,8-17H2,1H3,(H,28,33)(H,29,34)/t19-,20+,21-,22+,23?,27?/m1/s1. The fourth-order valence-electron chi connectivity index (χ4n) is 6.68. The minimum absolute atomic E-state index is 0.0286. The highest BCUT2D eigenvalue weighted by atomic mass is 32.2. The first kappa shape index (κ1) is 26.5. The van der Waals surface area contributed by atoms with Crippen molar-refractivity contribution in [2.75, 3.05) is 52.5 Å². The van der Waals surface area contributed by atoms with Gasteiger partial charge in [-0.15, -0.1) is 11.8 Å². The number of nitrogens with zero attached hydrogens (tertiary/aromatic N) is 2. The molecule has 10 heteroatoms. The molecule has 0 saturated carbocycles. The van der Waals surface area contributed by atoms with Crippen molar-refractivity contribution >= 4 is 29.5 Å².